The van der Waals surface area contributed by atoms with Gasteiger partial charge in [-0.05, 0) is 6.92 Å². The Hall–Kier alpha value is -0.120. The van der Waals surface area contributed by atoms with E-state index >= 15 is 0 Å². The van der Waals surface area contributed by atoms with Crippen LogP contribution in [-0.2, 0) is 0 Å². The van der Waals surface area contributed by atoms with E-state index < -0.39 is 0 Å². The number of hydrogen-bond donors (Lipinski definition) is 2. The molecule has 0 saturated carbocycles. The van der Waals surface area contributed by atoms with E-state index in [1.165, 1.54) is 0 Å². The van der Waals surface area contributed by atoms with Gasteiger partial charge in [-0.1, -0.05) is 0 Å². The lowest BCUT2D eigenvalue weighted by atomic mass is 10.2. The molecule has 3 nitrogen and oxygen atoms in total. The summed E-state index contributed by atoms with van der Waals surface area (Å²) < 4.78 is 0. The third-order valence-corrected chi connectivity index (χ3v) is 1.71. The van der Waals surface area contributed by atoms with Crippen LogP contribution in [0.3, 0.4) is 0 Å². The number of hydrogen-bond acceptors (Lipinski definition) is 3. The smallest absolute Gasteiger partial charge is 0.0456 e. The first kappa shape index (κ1) is 6.99. The molecule has 1 aliphatic heterocycles. The second kappa shape index (κ2) is 3.15. The van der Waals surface area contributed by atoms with E-state index in [9.17, 15) is 0 Å². The van der Waals surface area contributed by atoms with Crippen LogP contribution in [0.1, 0.15) is 6.92 Å². The van der Waals surface area contributed by atoms with Crippen molar-refractivity contribution in [1.29, 1.82) is 0 Å². The number of rotatable bonds is 1. The summed E-state index contributed by atoms with van der Waals surface area (Å²) in [5.74, 6) is 0. The summed E-state index contributed by atoms with van der Waals surface area (Å²) in [5, 5.41) is 3.35. The summed E-state index contributed by atoms with van der Waals surface area (Å²) in [5.41, 5.74) is 5.46. The van der Waals surface area contributed by atoms with Gasteiger partial charge in [0.1, 0.15) is 0 Å². The Kier molecular flexibility index (Phi) is 2.45. The number of nitrogens with one attached hydrogen (secondary N) is 1. The summed E-state index contributed by atoms with van der Waals surface area (Å²) in [6, 6.07) is 0.613. The zero-order valence-electron chi connectivity index (χ0n) is 5.93. The molecule has 0 aromatic rings. The first-order valence-corrected chi connectivity index (χ1v) is 3.48. The summed E-state index contributed by atoms with van der Waals surface area (Å²) in [7, 11) is 0. The lowest BCUT2D eigenvalue weighted by Crippen LogP contribution is -2.50. The van der Waals surface area contributed by atoms with E-state index in [1.54, 1.807) is 0 Å². The van der Waals surface area contributed by atoms with Crippen molar-refractivity contribution in [2.24, 2.45) is 5.73 Å². The van der Waals surface area contributed by atoms with Crippen molar-refractivity contribution >= 4 is 0 Å². The minimum absolute atomic E-state index is 0.613. The van der Waals surface area contributed by atoms with Crippen LogP contribution in [0.15, 0.2) is 0 Å². The van der Waals surface area contributed by atoms with Gasteiger partial charge < -0.3 is 11.1 Å². The minimum Gasteiger partial charge on any atom is -0.318 e. The minimum atomic E-state index is 0.613. The number of piperazine rings is 1. The Morgan fingerprint density at radius 1 is 1.78 bits per heavy atom. The molecule has 1 rings (SSSR count). The van der Waals surface area contributed by atoms with Crippen molar-refractivity contribution in [3.05, 3.63) is 0 Å². The Morgan fingerprint density at radius 3 is 3.00 bits per heavy atom. The molecule has 1 saturated heterocycles. The van der Waals surface area contributed by atoms with Crippen molar-refractivity contribution in [1.82, 2.24) is 10.2 Å². The molecule has 1 fully saturated rings. The van der Waals surface area contributed by atoms with Gasteiger partial charge in [-0.15, -0.1) is 0 Å². The third-order valence-electron chi connectivity index (χ3n) is 1.71. The van der Waals surface area contributed by atoms with Crippen LogP contribution in [0.4, 0.5) is 0 Å². The summed E-state index contributed by atoms with van der Waals surface area (Å²) in [6.07, 6.45) is 0. The topological polar surface area (TPSA) is 41.3 Å². The standard InChI is InChI=1S/C6H15N3/c1-6-4-9(5-7)3-2-8-6/h6,8H,2-5,7H2,1H3. The molecule has 1 atom stereocenters. The lowest BCUT2D eigenvalue weighted by molar-refractivity contribution is 0.212. The predicted octanol–water partition coefficient (Wildman–Crippen LogP) is -0.804. The van der Waals surface area contributed by atoms with E-state index in [1.807, 2.05) is 0 Å². The molecule has 1 unspecified atom stereocenters. The highest BCUT2D eigenvalue weighted by molar-refractivity contribution is 4.73. The monoisotopic (exact) mass is 129 g/mol. The van der Waals surface area contributed by atoms with Crippen LogP contribution >= 0.6 is 0 Å². The fourth-order valence-corrected chi connectivity index (χ4v) is 1.18. The van der Waals surface area contributed by atoms with Gasteiger partial charge in [-0.25, -0.2) is 0 Å². The fourth-order valence-electron chi connectivity index (χ4n) is 1.18. The van der Waals surface area contributed by atoms with Gasteiger partial charge >= 0.3 is 0 Å². The van der Waals surface area contributed by atoms with Gasteiger partial charge in [0.25, 0.3) is 0 Å². The largest absolute Gasteiger partial charge is 0.318 e. The van der Waals surface area contributed by atoms with Crippen LogP contribution in [0.2, 0.25) is 0 Å². The van der Waals surface area contributed by atoms with Crippen LogP contribution in [-0.4, -0.2) is 37.2 Å². The van der Waals surface area contributed by atoms with Gasteiger partial charge in [0.2, 0.25) is 0 Å². The molecule has 0 bridgehead atoms. The SMILES string of the molecule is CC1CN(CN)CCN1. The molecule has 3 heteroatoms. The molecular formula is C6H15N3. The van der Waals surface area contributed by atoms with E-state index in [2.05, 4.69) is 17.1 Å². The molecule has 3 N–H and O–H groups in total. The van der Waals surface area contributed by atoms with Crippen molar-refractivity contribution < 1.29 is 0 Å². The maximum absolute atomic E-state index is 5.46. The van der Waals surface area contributed by atoms with Gasteiger partial charge in [-0.2, -0.15) is 0 Å². The fraction of sp³-hybridized carbons (Fsp3) is 1.00. The van der Waals surface area contributed by atoms with Crippen LogP contribution < -0.4 is 11.1 Å². The molecule has 9 heavy (non-hydrogen) atoms. The average molecular weight is 129 g/mol. The maximum Gasteiger partial charge on any atom is 0.0456 e. The summed E-state index contributed by atoms with van der Waals surface area (Å²) in [6.45, 7) is 6.16. The Balaban J connectivity index is 2.23. The lowest BCUT2D eigenvalue weighted by Gasteiger charge is -2.30. The van der Waals surface area contributed by atoms with E-state index in [-0.39, 0.29) is 0 Å². The van der Waals surface area contributed by atoms with E-state index in [4.69, 9.17) is 5.73 Å². The maximum atomic E-state index is 5.46. The molecule has 1 heterocycles. The molecule has 0 aromatic carbocycles. The highest BCUT2D eigenvalue weighted by Gasteiger charge is 2.12. The molecule has 1 aliphatic rings. The molecule has 0 radical (unpaired) electrons. The molecule has 0 aromatic heterocycles. The van der Waals surface area contributed by atoms with Crippen LogP contribution in [0, 0.1) is 0 Å². The van der Waals surface area contributed by atoms with Gasteiger partial charge in [0.05, 0.1) is 0 Å². The van der Waals surface area contributed by atoms with Gasteiger partial charge in [-0.3, -0.25) is 4.90 Å². The molecule has 0 spiro atoms. The first-order chi connectivity index (χ1) is 4.33. The molecule has 54 valence electrons. The molecule has 0 amide bonds. The Labute approximate surface area is 56.2 Å². The second-order valence-corrected chi connectivity index (χ2v) is 2.61. The summed E-state index contributed by atoms with van der Waals surface area (Å²) in [4.78, 5) is 2.25. The molecule has 0 aliphatic carbocycles. The zero-order chi connectivity index (χ0) is 6.69. The predicted molar refractivity (Wildman–Crippen MR) is 38.1 cm³/mol. The highest BCUT2D eigenvalue weighted by atomic mass is 15.2. The van der Waals surface area contributed by atoms with Crippen LogP contribution in [0.5, 0.6) is 0 Å². The van der Waals surface area contributed by atoms with Gasteiger partial charge in [0, 0.05) is 32.3 Å². The van der Waals surface area contributed by atoms with Crippen molar-refractivity contribution in [2.45, 2.75) is 13.0 Å². The second-order valence-electron chi connectivity index (χ2n) is 2.61. The van der Waals surface area contributed by atoms with Crippen molar-refractivity contribution in [2.75, 3.05) is 26.3 Å². The van der Waals surface area contributed by atoms with Crippen LogP contribution in [0.25, 0.3) is 0 Å². The van der Waals surface area contributed by atoms with E-state index in [0.29, 0.717) is 12.7 Å². The normalized spacial score (nSPS) is 30.7. The third kappa shape index (κ3) is 1.93. The Bertz CT molecular complexity index is 84.4. The zero-order valence-corrected chi connectivity index (χ0v) is 5.93. The average Bonchev–Trinajstić information content (AvgIpc) is 1.88. The Morgan fingerprint density at radius 2 is 2.56 bits per heavy atom. The highest BCUT2D eigenvalue weighted by Crippen LogP contribution is 1.94. The van der Waals surface area contributed by atoms with Crippen molar-refractivity contribution in [3.63, 3.8) is 0 Å². The number of nitrogens with two attached hydrogens (primary N) is 1. The number of nitrogens with zero attached hydrogens (tertiary/aromatic N) is 1. The molecular weight excluding hydrogens is 114 g/mol. The summed E-state index contributed by atoms with van der Waals surface area (Å²) >= 11 is 0. The van der Waals surface area contributed by atoms with Gasteiger partial charge in [0.15, 0.2) is 0 Å². The van der Waals surface area contributed by atoms with E-state index in [0.717, 1.165) is 19.6 Å². The first-order valence-electron chi connectivity index (χ1n) is 3.48. The van der Waals surface area contributed by atoms with Crippen molar-refractivity contribution in [3.8, 4) is 0 Å². The quantitative estimate of drug-likeness (QED) is 0.487.